The molecule has 2 heterocycles. The average Bonchev–Trinajstić information content (AvgIpc) is 3.30. The van der Waals surface area contributed by atoms with Gasteiger partial charge in [-0.2, -0.15) is 18.4 Å². The molecule has 0 aliphatic carbocycles. The van der Waals surface area contributed by atoms with Crippen molar-refractivity contribution < 1.29 is 39.8 Å². The molecule has 0 aromatic rings. The van der Waals surface area contributed by atoms with Gasteiger partial charge >= 0.3 is 12.3 Å². The van der Waals surface area contributed by atoms with E-state index in [4.69, 9.17) is 2.74 Å². The van der Waals surface area contributed by atoms with Gasteiger partial charge < -0.3 is 25.6 Å². The maximum atomic E-state index is 13.6. The summed E-state index contributed by atoms with van der Waals surface area (Å²) in [6.45, 7) is 1.94. The van der Waals surface area contributed by atoms with Gasteiger partial charge in [0.25, 0.3) is 0 Å². The molecule has 10 nitrogen and oxygen atoms in total. The maximum absolute atomic E-state index is 13.6. The van der Waals surface area contributed by atoms with Crippen molar-refractivity contribution in [3.05, 3.63) is 0 Å². The lowest BCUT2D eigenvalue weighted by atomic mass is 9.85. The van der Waals surface area contributed by atoms with E-state index in [-0.39, 0.29) is 12.8 Å². The Morgan fingerprint density at radius 2 is 1.97 bits per heavy atom. The van der Waals surface area contributed by atoms with Crippen LogP contribution in [0.1, 0.15) is 42.8 Å². The molecule has 0 radical (unpaired) electrons. The van der Waals surface area contributed by atoms with E-state index in [0.29, 0.717) is 0 Å². The third-order valence-corrected chi connectivity index (χ3v) is 5.83. The van der Waals surface area contributed by atoms with Gasteiger partial charge in [-0.3, -0.25) is 14.4 Å². The first-order valence-corrected chi connectivity index (χ1v) is 10.6. The number of methoxy groups -OCH3 is 1. The predicted octanol–water partition coefficient (Wildman–Crippen LogP) is 1.07. The smallest absolute Gasteiger partial charge is 0.407 e. The summed E-state index contributed by atoms with van der Waals surface area (Å²) in [6.07, 6.45) is -6.93. The van der Waals surface area contributed by atoms with Crippen LogP contribution in [0, 0.1) is 28.6 Å². The van der Waals surface area contributed by atoms with Crippen LogP contribution in [-0.4, -0.2) is 73.2 Å². The minimum atomic E-state index is -4.71. The van der Waals surface area contributed by atoms with Gasteiger partial charge in [-0.05, 0) is 24.7 Å². The molecule has 0 bridgehead atoms. The molecule has 5 atom stereocenters. The van der Waals surface area contributed by atoms with Gasteiger partial charge in [0.15, 0.2) is 0 Å². The standard InChI is InChI=1S/C21H30F3N5O5/c1-20(2,3)15(28-19(33)34-4)18(32)29-10-12(21(22,23)24)8-14(29)17(31)27-13(9-25)7-11-5-6-26-16(11)30/h11-15H,5-8,10H2,1-4H3,(H,26,30)(H,27,31)(H,28,33)/t11-,12+,13-,14-,15+/m0/s1/i6D2. The lowest BCUT2D eigenvalue weighted by Crippen LogP contribution is -2.58. The zero-order valence-corrected chi connectivity index (χ0v) is 19.3. The van der Waals surface area contributed by atoms with Crippen LogP contribution in [0.15, 0.2) is 0 Å². The number of halogens is 3. The summed E-state index contributed by atoms with van der Waals surface area (Å²) in [5, 5.41) is 16.2. The van der Waals surface area contributed by atoms with E-state index < -0.39 is 84.8 Å². The summed E-state index contributed by atoms with van der Waals surface area (Å²) in [5.41, 5.74) is -0.952. The number of nitrogens with one attached hydrogen (secondary N) is 3. The Morgan fingerprint density at radius 3 is 2.44 bits per heavy atom. The molecule has 2 saturated heterocycles. The fourth-order valence-corrected chi connectivity index (χ4v) is 3.90. The Labute approximate surface area is 198 Å². The molecular formula is C21H30F3N5O5. The Hall–Kier alpha value is -3.04. The predicted molar refractivity (Wildman–Crippen MR) is 112 cm³/mol. The largest absolute Gasteiger partial charge is 0.453 e. The van der Waals surface area contributed by atoms with E-state index in [1.54, 1.807) is 26.8 Å². The van der Waals surface area contributed by atoms with Crippen molar-refractivity contribution in [1.29, 1.82) is 5.26 Å². The van der Waals surface area contributed by atoms with Crippen LogP contribution in [0.3, 0.4) is 0 Å². The van der Waals surface area contributed by atoms with Gasteiger partial charge in [0.1, 0.15) is 18.1 Å². The highest BCUT2D eigenvalue weighted by Gasteiger charge is 2.53. The second-order valence-electron chi connectivity index (χ2n) is 9.41. The fourth-order valence-electron chi connectivity index (χ4n) is 3.90. The molecule has 0 aromatic heterocycles. The normalized spacial score (nSPS) is 26.9. The summed E-state index contributed by atoms with van der Waals surface area (Å²) < 4.78 is 60.4. The van der Waals surface area contributed by atoms with Crippen molar-refractivity contribution in [2.24, 2.45) is 17.3 Å². The van der Waals surface area contributed by atoms with Crippen LogP contribution >= 0.6 is 0 Å². The van der Waals surface area contributed by atoms with Gasteiger partial charge in [0, 0.05) is 21.7 Å². The number of hydrogen-bond acceptors (Lipinski definition) is 6. The van der Waals surface area contributed by atoms with Crippen LogP contribution < -0.4 is 16.0 Å². The molecule has 13 heteroatoms. The number of carbonyl (C=O) groups excluding carboxylic acids is 4. The number of amides is 4. The number of carbonyl (C=O) groups is 4. The molecule has 2 aliphatic heterocycles. The van der Waals surface area contributed by atoms with Gasteiger partial charge in [0.2, 0.25) is 17.7 Å². The Balaban J connectivity index is 2.26. The summed E-state index contributed by atoms with van der Waals surface area (Å²) in [6, 6.07) is -2.45. The SMILES string of the molecule is [2H]C1([2H])C[C@@H](C[C@@H](C#N)NC(=O)[C@@H]2C[C@@H](C(F)(F)F)CN2C(=O)[C@@H](NC(=O)OC)C(C)(C)C)C(=O)N1. The average molecular weight is 492 g/mol. The third kappa shape index (κ3) is 6.51. The Bertz CT molecular complexity index is 934. The highest BCUT2D eigenvalue weighted by Crippen LogP contribution is 2.38. The zero-order chi connectivity index (χ0) is 27.6. The zero-order valence-electron chi connectivity index (χ0n) is 21.3. The van der Waals surface area contributed by atoms with E-state index in [2.05, 4.69) is 20.7 Å². The van der Waals surface area contributed by atoms with Crippen molar-refractivity contribution in [3.63, 3.8) is 0 Å². The van der Waals surface area contributed by atoms with Crippen molar-refractivity contribution in [3.8, 4) is 6.07 Å². The summed E-state index contributed by atoms with van der Waals surface area (Å²) in [5.74, 6) is -5.52. The lowest BCUT2D eigenvalue weighted by Gasteiger charge is -2.35. The second kappa shape index (κ2) is 10.5. The first-order chi connectivity index (χ1) is 16.4. The number of rotatable bonds is 6. The highest BCUT2D eigenvalue weighted by molar-refractivity contribution is 5.92. The number of nitriles is 1. The highest BCUT2D eigenvalue weighted by atomic mass is 19.4. The number of nitrogens with zero attached hydrogens (tertiary/aromatic N) is 2. The molecular weight excluding hydrogens is 459 g/mol. The van der Waals surface area contributed by atoms with Gasteiger partial charge in [-0.15, -0.1) is 0 Å². The molecule has 190 valence electrons. The van der Waals surface area contributed by atoms with Gasteiger partial charge in [-0.25, -0.2) is 4.79 Å². The number of likely N-dealkylation sites (tertiary alicyclic amines) is 1. The molecule has 3 N–H and O–H groups in total. The lowest BCUT2D eigenvalue weighted by molar-refractivity contribution is -0.171. The minimum Gasteiger partial charge on any atom is -0.453 e. The molecule has 2 fully saturated rings. The van der Waals surface area contributed by atoms with Crippen LogP contribution in [0.25, 0.3) is 0 Å². The van der Waals surface area contributed by atoms with Crippen LogP contribution in [-0.2, 0) is 19.1 Å². The molecule has 4 amide bonds. The molecule has 0 aromatic carbocycles. The molecule has 2 rings (SSSR count). The topological polar surface area (TPSA) is 141 Å². The fraction of sp³-hybridized carbons (Fsp3) is 0.762. The van der Waals surface area contributed by atoms with Crippen molar-refractivity contribution >= 4 is 23.8 Å². The van der Waals surface area contributed by atoms with Gasteiger partial charge in [-0.1, -0.05) is 20.8 Å². The van der Waals surface area contributed by atoms with E-state index >= 15 is 0 Å². The number of ether oxygens (including phenoxy) is 1. The maximum Gasteiger partial charge on any atom is 0.407 e. The number of alkyl halides is 3. The Kier molecular flexibility index (Phi) is 7.43. The second-order valence-corrected chi connectivity index (χ2v) is 9.41. The molecule has 2 aliphatic rings. The number of alkyl carbamates (subject to hydrolysis) is 1. The van der Waals surface area contributed by atoms with Crippen molar-refractivity contribution in [2.45, 2.75) is 64.3 Å². The van der Waals surface area contributed by atoms with Crippen LogP contribution in [0.4, 0.5) is 18.0 Å². The minimum absolute atomic E-state index is 0.240. The molecule has 0 spiro atoms. The number of hydrogen-bond donors (Lipinski definition) is 3. The quantitative estimate of drug-likeness (QED) is 0.508. The third-order valence-electron chi connectivity index (χ3n) is 5.83. The van der Waals surface area contributed by atoms with Gasteiger partial charge in [0.05, 0.1) is 19.1 Å². The van der Waals surface area contributed by atoms with Crippen molar-refractivity contribution in [2.75, 3.05) is 20.2 Å². The summed E-state index contributed by atoms with van der Waals surface area (Å²) >= 11 is 0. The van der Waals surface area contributed by atoms with E-state index in [1.807, 2.05) is 0 Å². The van der Waals surface area contributed by atoms with Crippen LogP contribution in [0.2, 0.25) is 0 Å². The first kappa shape index (κ1) is 24.1. The van der Waals surface area contributed by atoms with E-state index in [1.165, 1.54) is 0 Å². The van der Waals surface area contributed by atoms with Crippen molar-refractivity contribution in [1.82, 2.24) is 20.9 Å². The summed E-state index contributed by atoms with van der Waals surface area (Å²) in [4.78, 5) is 50.9. The molecule has 0 saturated carbocycles. The monoisotopic (exact) mass is 491 g/mol. The molecule has 0 unspecified atom stereocenters. The molecule has 34 heavy (non-hydrogen) atoms. The first-order valence-electron chi connectivity index (χ1n) is 11.6. The van der Waals surface area contributed by atoms with Crippen LogP contribution in [0.5, 0.6) is 0 Å². The van der Waals surface area contributed by atoms with E-state index in [9.17, 15) is 37.6 Å². The summed E-state index contributed by atoms with van der Waals surface area (Å²) in [7, 11) is 1.06. The Morgan fingerprint density at radius 1 is 1.32 bits per heavy atom. The van der Waals surface area contributed by atoms with E-state index in [0.717, 1.165) is 12.0 Å².